The Morgan fingerprint density at radius 3 is 2.67 bits per heavy atom. The number of rotatable bonds is 9. The van der Waals surface area contributed by atoms with Gasteiger partial charge in [0.2, 0.25) is 5.91 Å². The number of nitrogens with one attached hydrogen (secondary N) is 1. The van der Waals surface area contributed by atoms with Crippen LogP contribution in [0.1, 0.15) is 6.92 Å². The molecule has 0 fully saturated rings. The van der Waals surface area contributed by atoms with Crippen LogP contribution < -0.4 is 14.8 Å². The fourth-order valence-corrected chi connectivity index (χ4v) is 3.16. The molecule has 0 radical (unpaired) electrons. The highest BCUT2D eigenvalue weighted by molar-refractivity contribution is 7.99. The van der Waals surface area contributed by atoms with Crippen LogP contribution in [0.15, 0.2) is 66.0 Å². The van der Waals surface area contributed by atoms with Crippen molar-refractivity contribution in [2.45, 2.75) is 18.7 Å². The van der Waals surface area contributed by atoms with Gasteiger partial charge in [-0.2, -0.15) is 8.78 Å². The molecule has 1 N–H and O–H groups in total. The van der Waals surface area contributed by atoms with E-state index in [1.54, 1.807) is 48.7 Å². The number of benzene rings is 2. The summed E-state index contributed by atoms with van der Waals surface area (Å²) in [6, 6.07) is 15.0. The van der Waals surface area contributed by atoms with Gasteiger partial charge >= 0.3 is 6.61 Å². The van der Waals surface area contributed by atoms with Gasteiger partial charge in [-0.1, -0.05) is 23.9 Å². The third kappa shape index (κ3) is 6.41. The summed E-state index contributed by atoms with van der Waals surface area (Å²) in [4.78, 5) is 20.7. The normalized spacial score (nSPS) is 10.7. The summed E-state index contributed by atoms with van der Waals surface area (Å²) in [6.45, 7) is -0.423. The Hall–Kier alpha value is -3.20. The predicted octanol–water partition coefficient (Wildman–Crippen LogP) is 4.87. The Bertz CT molecular complexity index is 987. The van der Waals surface area contributed by atoms with Gasteiger partial charge in [-0.05, 0) is 49.4 Å². The number of carbonyl (C=O) groups is 1. The van der Waals surface area contributed by atoms with Crippen molar-refractivity contribution in [1.29, 1.82) is 0 Å². The van der Waals surface area contributed by atoms with E-state index in [2.05, 4.69) is 20.0 Å². The SMILES string of the molecule is CCOc1ccc(NC(=O)CSc2nccc(-c3cccc(OC(F)F)c3)n2)cc1. The molecule has 6 nitrogen and oxygen atoms in total. The van der Waals surface area contributed by atoms with Crippen LogP contribution in [0, 0.1) is 0 Å². The molecule has 0 saturated carbocycles. The molecule has 0 aliphatic rings. The molecule has 3 rings (SSSR count). The average molecular weight is 431 g/mol. The maximum Gasteiger partial charge on any atom is 0.387 e. The molecule has 3 aromatic rings. The van der Waals surface area contributed by atoms with E-state index in [-0.39, 0.29) is 17.4 Å². The van der Waals surface area contributed by atoms with Crippen molar-refractivity contribution < 1.29 is 23.0 Å². The Labute approximate surface area is 176 Å². The zero-order valence-electron chi connectivity index (χ0n) is 16.0. The van der Waals surface area contributed by atoms with Gasteiger partial charge in [0, 0.05) is 17.4 Å². The molecule has 0 bridgehead atoms. The second-order valence-corrected chi connectivity index (χ2v) is 6.87. The van der Waals surface area contributed by atoms with E-state index in [0.717, 1.165) is 5.75 Å². The topological polar surface area (TPSA) is 73.3 Å². The first-order valence-corrected chi connectivity index (χ1v) is 10.1. The molecule has 1 amide bonds. The molecule has 156 valence electrons. The molecule has 9 heteroatoms. The number of thioether (sulfide) groups is 1. The van der Waals surface area contributed by atoms with Gasteiger partial charge in [-0.15, -0.1) is 0 Å². The van der Waals surface area contributed by atoms with Gasteiger partial charge in [0.15, 0.2) is 5.16 Å². The third-order valence-corrected chi connectivity index (χ3v) is 4.63. The zero-order valence-corrected chi connectivity index (χ0v) is 16.9. The predicted molar refractivity (Wildman–Crippen MR) is 111 cm³/mol. The lowest BCUT2D eigenvalue weighted by Gasteiger charge is -2.08. The van der Waals surface area contributed by atoms with Crippen molar-refractivity contribution in [3.8, 4) is 22.8 Å². The minimum Gasteiger partial charge on any atom is -0.494 e. The van der Waals surface area contributed by atoms with Gasteiger partial charge in [-0.25, -0.2) is 9.97 Å². The molecule has 0 unspecified atom stereocenters. The largest absolute Gasteiger partial charge is 0.494 e. The quantitative estimate of drug-likeness (QED) is 0.385. The first-order chi connectivity index (χ1) is 14.5. The van der Waals surface area contributed by atoms with Crippen molar-refractivity contribution in [2.75, 3.05) is 17.7 Å². The van der Waals surface area contributed by atoms with E-state index in [1.165, 1.54) is 23.9 Å². The number of nitrogens with zero attached hydrogens (tertiary/aromatic N) is 2. The van der Waals surface area contributed by atoms with Gasteiger partial charge < -0.3 is 14.8 Å². The summed E-state index contributed by atoms with van der Waals surface area (Å²) in [5.74, 6) is 0.694. The van der Waals surface area contributed by atoms with Crippen molar-refractivity contribution >= 4 is 23.4 Å². The number of alkyl halides is 2. The second kappa shape index (κ2) is 10.5. The maximum atomic E-state index is 12.4. The number of carbonyl (C=O) groups excluding carboxylic acids is 1. The summed E-state index contributed by atoms with van der Waals surface area (Å²) in [6.07, 6.45) is 1.55. The number of ether oxygens (including phenoxy) is 2. The highest BCUT2D eigenvalue weighted by atomic mass is 32.2. The van der Waals surface area contributed by atoms with Gasteiger partial charge in [0.05, 0.1) is 18.1 Å². The van der Waals surface area contributed by atoms with Crippen molar-refractivity contribution in [2.24, 2.45) is 0 Å². The number of hydrogen-bond donors (Lipinski definition) is 1. The summed E-state index contributed by atoms with van der Waals surface area (Å²) in [5, 5.41) is 3.19. The van der Waals surface area contributed by atoms with Crippen LogP contribution in [0.3, 0.4) is 0 Å². The summed E-state index contributed by atoms with van der Waals surface area (Å²) < 4.78 is 34.6. The lowest BCUT2D eigenvalue weighted by atomic mass is 10.1. The van der Waals surface area contributed by atoms with Gasteiger partial charge in [-0.3, -0.25) is 4.79 Å². The Morgan fingerprint density at radius 1 is 1.13 bits per heavy atom. The zero-order chi connectivity index (χ0) is 21.3. The van der Waals surface area contributed by atoms with Crippen LogP contribution >= 0.6 is 11.8 Å². The fourth-order valence-electron chi connectivity index (χ4n) is 2.53. The van der Waals surface area contributed by atoms with Crippen LogP contribution in [0.5, 0.6) is 11.5 Å². The first-order valence-electron chi connectivity index (χ1n) is 9.07. The smallest absolute Gasteiger partial charge is 0.387 e. The van der Waals surface area contributed by atoms with E-state index in [0.29, 0.717) is 28.7 Å². The van der Waals surface area contributed by atoms with Crippen molar-refractivity contribution in [1.82, 2.24) is 9.97 Å². The van der Waals surface area contributed by atoms with Crippen molar-refractivity contribution in [3.05, 3.63) is 60.8 Å². The van der Waals surface area contributed by atoms with Crippen LogP contribution in [0.2, 0.25) is 0 Å². The van der Waals surface area contributed by atoms with E-state index in [9.17, 15) is 13.6 Å². The van der Waals surface area contributed by atoms with E-state index in [4.69, 9.17) is 4.74 Å². The molecule has 0 aliphatic carbocycles. The number of amides is 1. The van der Waals surface area contributed by atoms with Crippen LogP contribution in [-0.4, -0.2) is 34.8 Å². The molecular formula is C21H19F2N3O3S. The highest BCUT2D eigenvalue weighted by Crippen LogP contribution is 2.25. The monoisotopic (exact) mass is 431 g/mol. The van der Waals surface area contributed by atoms with Gasteiger partial charge in [0.1, 0.15) is 11.5 Å². The molecule has 1 aromatic heterocycles. The number of anilines is 1. The number of hydrogen-bond acceptors (Lipinski definition) is 6. The Balaban J connectivity index is 1.59. The van der Waals surface area contributed by atoms with E-state index < -0.39 is 6.61 Å². The fraction of sp³-hybridized carbons (Fsp3) is 0.190. The summed E-state index contributed by atoms with van der Waals surface area (Å²) in [5.41, 5.74) is 1.81. The number of aromatic nitrogens is 2. The standard InChI is InChI=1S/C21H19F2N3O3S/c1-2-28-16-8-6-15(7-9-16)25-19(27)13-30-21-24-11-10-18(26-21)14-4-3-5-17(12-14)29-20(22)23/h3-12,20H,2,13H2,1H3,(H,25,27). The molecule has 30 heavy (non-hydrogen) atoms. The summed E-state index contributed by atoms with van der Waals surface area (Å²) in [7, 11) is 0. The molecule has 0 spiro atoms. The molecule has 2 aromatic carbocycles. The number of halogens is 2. The highest BCUT2D eigenvalue weighted by Gasteiger charge is 2.09. The lowest BCUT2D eigenvalue weighted by molar-refractivity contribution is -0.113. The second-order valence-electron chi connectivity index (χ2n) is 5.93. The molecular weight excluding hydrogens is 412 g/mol. The lowest BCUT2D eigenvalue weighted by Crippen LogP contribution is -2.14. The van der Waals surface area contributed by atoms with E-state index in [1.807, 2.05) is 6.92 Å². The van der Waals surface area contributed by atoms with Crippen molar-refractivity contribution in [3.63, 3.8) is 0 Å². The third-order valence-electron chi connectivity index (χ3n) is 3.77. The average Bonchev–Trinajstić information content (AvgIpc) is 2.74. The molecule has 0 atom stereocenters. The van der Waals surface area contributed by atoms with E-state index >= 15 is 0 Å². The minimum absolute atomic E-state index is 0.0463. The molecule has 1 heterocycles. The molecule has 0 saturated heterocycles. The maximum absolute atomic E-state index is 12.4. The van der Waals surface area contributed by atoms with Crippen LogP contribution in [0.25, 0.3) is 11.3 Å². The minimum atomic E-state index is -2.90. The van der Waals surface area contributed by atoms with Crippen LogP contribution in [0.4, 0.5) is 14.5 Å². The summed E-state index contributed by atoms with van der Waals surface area (Å²) >= 11 is 1.17. The first kappa shape index (κ1) is 21.5. The van der Waals surface area contributed by atoms with Crippen LogP contribution in [-0.2, 0) is 4.79 Å². The Morgan fingerprint density at radius 2 is 1.93 bits per heavy atom. The Kier molecular flexibility index (Phi) is 7.56. The van der Waals surface area contributed by atoms with Gasteiger partial charge in [0.25, 0.3) is 0 Å². The molecule has 0 aliphatic heterocycles.